The van der Waals surface area contributed by atoms with E-state index in [-0.39, 0.29) is 47.7 Å². The smallest absolute Gasteiger partial charge is 0.215 e. The Kier molecular flexibility index (Phi) is 14.1. The molecule has 17 heteroatoms. The summed E-state index contributed by atoms with van der Waals surface area (Å²) < 4.78 is 99.0. The maximum absolute atomic E-state index is 12.7. The summed E-state index contributed by atoms with van der Waals surface area (Å²) in [4.78, 5) is 4.20. The van der Waals surface area contributed by atoms with Crippen LogP contribution in [-0.2, 0) is 52.3 Å². The van der Waals surface area contributed by atoms with Gasteiger partial charge in [-0.15, -0.1) is 22.7 Å². The highest BCUT2D eigenvalue weighted by Gasteiger charge is 2.23. The molecular weight excluding hydrogens is 747 g/mol. The fraction of sp³-hybridized carbons (Fsp3) is 0.312. The van der Waals surface area contributed by atoms with Crippen molar-refractivity contribution in [1.29, 1.82) is 0 Å². The van der Waals surface area contributed by atoms with Crippen LogP contribution in [0.3, 0.4) is 0 Å². The van der Waals surface area contributed by atoms with Gasteiger partial charge >= 0.3 is 0 Å². The number of benzene rings is 2. The van der Waals surface area contributed by atoms with Gasteiger partial charge in [-0.25, -0.2) is 33.7 Å². The molecule has 0 spiro atoms. The van der Waals surface area contributed by atoms with E-state index in [0.717, 1.165) is 59.1 Å². The zero-order chi connectivity index (χ0) is 35.2. The molecule has 5 rings (SSSR count). The lowest BCUT2D eigenvalue weighted by Gasteiger charge is -2.26. The van der Waals surface area contributed by atoms with Crippen LogP contribution in [0.2, 0.25) is 0 Å². The lowest BCUT2D eigenvalue weighted by atomic mass is 10.4. The molecule has 3 N–H and O–H groups in total. The van der Waals surface area contributed by atoms with Crippen molar-refractivity contribution in [2.24, 2.45) is 5.73 Å². The zero-order valence-corrected chi connectivity index (χ0v) is 31.0. The van der Waals surface area contributed by atoms with Gasteiger partial charge in [-0.3, -0.25) is 4.90 Å². The van der Waals surface area contributed by atoms with Gasteiger partial charge in [0, 0.05) is 54.4 Å². The predicted octanol–water partition coefficient (Wildman–Crippen LogP) is 4.42. The highest BCUT2D eigenvalue weighted by Crippen LogP contribution is 2.30. The Labute approximate surface area is 298 Å². The molecule has 0 saturated carbocycles. The van der Waals surface area contributed by atoms with E-state index in [2.05, 4.69) is 16.8 Å². The Morgan fingerprint density at radius 3 is 1.59 bits per heavy atom. The number of nitrogens with zero attached hydrogens (tertiary/aromatic N) is 1. The molecule has 2 aromatic carbocycles. The molecule has 1 saturated heterocycles. The molecular formula is C32H41N3O8S6. The lowest BCUT2D eigenvalue weighted by molar-refractivity contribution is 0.254. The first-order valence-electron chi connectivity index (χ1n) is 14.7. The average molecular weight is 788 g/mol. The topological polar surface area (TPSA) is 178 Å². The Hall–Kier alpha value is -2.74. The van der Waals surface area contributed by atoms with Crippen LogP contribution in [0.15, 0.2) is 113 Å². The van der Waals surface area contributed by atoms with Gasteiger partial charge in [0.2, 0.25) is 19.7 Å². The zero-order valence-electron chi connectivity index (χ0n) is 26.1. The molecule has 2 aromatic heterocycles. The van der Waals surface area contributed by atoms with Crippen LogP contribution in [0, 0.1) is 0 Å². The third kappa shape index (κ3) is 9.95. The number of rotatable bonds is 12. The molecule has 1 fully saturated rings. The van der Waals surface area contributed by atoms with E-state index in [1.54, 1.807) is 18.2 Å². The molecule has 4 aromatic rings. The fourth-order valence-corrected chi connectivity index (χ4v) is 11.9. The molecule has 0 amide bonds. The molecule has 1 aliphatic heterocycles. The monoisotopic (exact) mass is 787 g/mol. The number of thiophene rings is 2. The summed E-state index contributed by atoms with van der Waals surface area (Å²) in [6.45, 7) is 9.33. The van der Waals surface area contributed by atoms with Crippen LogP contribution in [0.25, 0.3) is 0 Å². The van der Waals surface area contributed by atoms with Gasteiger partial charge in [0.05, 0.1) is 25.3 Å². The molecule has 0 atom stereocenters. The predicted molar refractivity (Wildman–Crippen MR) is 195 cm³/mol. The number of sulfone groups is 4. The van der Waals surface area contributed by atoms with Crippen LogP contribution in [0.5, 0.6) is 0 Å². The van der Waals surface area contributed by atoms with Crippen LogP contribution >= 0.6 is 22.7 Å². The van der Waals surface area contributed by atoms with Crippen molar-refractivity contribution >= 4 is 62.0 Å². The number of aryl methyl sites for hydroxylation is 1. The van der Waals surface area contributed by atoms with E-state index >= 15 is 0 Å². The Balaban J connectivity index is 0.000000268. The van der Waals surface area contributed by atoms with Gasteiger partial charge in [-0.05, 0) is 79.2 Å². The first kappa shape index (κ1) is 40.7. The Morgan fingerprint density at radius 2 is 1.16 bits per heavy atom. The van der Waals surface area contributed by atoms with Crippen molar-refractivity contribution in [2.45, 2.75) is 55.3 Å². The first-order chi connectivity index (χ1) is 22.6. The Bertz CT molecular complexity index is 2150. The van der Waals surface area contributed by atoms with Crippen molar-refractivity contribution in [3.63, 3.8) is 0 Å². The largest absolute Gasteiger partial charge is 0.326 e. The second kappa shape index (κ2) is 17.0. The molecule has 268 valence electrons. The normalized spacial score (nSPS) is 14.3. The summed E-state index contributed by atoms with van der Waals surface area (Å²) in [5.74, 6) is 0.0177. The molecule has 0 unspecified atom stereocenters. The maximum Gasteiger partial charge on any atom is 0.215 e. The summed E-state index contributed by atoms with van der Waals surface area (Å²) in [7, 11) is -14.3. The van der Waals surface area contributed by atoms with E-state index in [1.807, 2.05) is 6.92 Å². The van der Waals surface area contributed by atoms with Gasteiger partial charge in [-0.1, -0.05) is 20.9 Å². The molecule has 0 aliphatic carbocycles. The summed E-state index contributed by atoms with van der Waals surface area (Å²) in [6.07, 6.45) is 0.775. The molecule has 11 nitrogen and oxygen atoms in total. The summed E-state index contributed by atoms with van der Waals surface area (Å²) in [6, 6.07) is 17.2. The van der Waals surface area contributed by atoms with Gasteiger partial charge in [0.25, 0.3) is 0 Å². The minimum Gasteiger partial charge on any atom is -0.326 e. The number of nitrogens with one attached hydrogen (secondary N) is 1. The summed E-state index contributed by atoms with van der Waals surface area (Å²) >= 11 is 2.35. The van der Waals surface area contributed by atoms with Gasteiger partial charge < -0.3 is 11.1 Å². The minimum absolute atomic E-state index is 0. The molecule has 1 aliphatic rings. The van der Waals surface area contributed by atoms with E-state index < -0.39 is 39.3 Å². The lowest BCUT2D eigenvalue weighted by Crippen LogP contribution is -2.45. The third-order valence-corrected chi connectivity index (χ3v) is 17.4. The number of nitrogens with two attached hydrogens (primary N) is 1. The SMILES string of the molecule is C.C=CS(=O)(=O)c1ccc(S(=O)(=O)c2ccc(CC)s2)cc1.NCc1ccc(S(=O)(=O)c2ccc(S(=O)(=O)CCN3CCNCC3)cc2)s1. The van der Waals surface area contributed by atoms with Gasteiger partial charge in [0.1, 0.15) is 8.42 Å². The number of hydrogen-bond donors (Lipinski definition) is 2. The summed E-state index contributed by atoms with van der Waals surface area (Å²) in [5, 5.41) is 4.07. The van der Waals surface area contributed by atoms with Crippen molar-refractivity contribution in [3.8, 4) is 0 Å². The second-order valence-electron chi connectivity index (χ2n) is 10.6. The summed E-state index contributed by atoms with van der Waals surface area (Å²) in [5.41, 5.74) is 5.54. The quantitative estimate of drug-likeness (QED) is 0.208. The van der Waals surface area contributed by atoms with Gasteiger partial charge in [-0.2, -0.15) is 0 Å². The van der Waals surface area contributed by atoms with E-state index in [9.17, 15) is 33.7 Å². The highest BCUT2D eigenvalue weighted by atomic mass is 32.2. The van der Waals surface area contributed by atoms with Crippen LogP contribution in [0.4, 0.5) is 0 Å². The van der Waals surface area contributed by atoms with E-state index in [0.29, 0.717) is 6.54 Å². The standard InChI is InChI=1S/C17H23N3O4S3.C14H14O4S3.CH4/c18-13-14-1-6-17(25-14)27(23,24)16-4-2-15(3-5-16)26(21,22)12-11-20-9-7-19-8-10-20;1-3-11-5-10-14(19-11)21(17,18)13-8-6-12(7-9-13)20(15,16)4-2;/h1-6,19H,7-13,18H2;4-10H,2-3H2,1H3;1H4. The molecule has 0 radical (unpaired) electrons. The molecule has 0 bridgehead atoms. The molecule has 49 heavy (non-hydrogen) atoms. The van der Waals surface area contributed by atoms with Crippen molar-refractivity contribution in [1.82, 2.24) is 10.2 Å². The van der Waals surface area contributed by atoms with E-state index in [1.165, 1.54) is 65.9 Å². The number of piperazine rings is 1. The Morgan fingerprint density at radius 1 is 0.714 bits per heavy atom. The molecule has 3 heterocycles. The third-order valence-electron chi connectivity index (χ3n) is 7.41. The fourth-order valence-electron chi connectivity index (χ4n) is 4.57. The van der Waals surface area contributed by atoms with Crippen molar-refractivity contribution in [2.75, 3.05) is 38.5 Å². The highest BCUT2D eigenvalue weighted by molar-refractivity contribution is 7.94. The van der Waals surface area contributed by atoms with Crippen LogP contribution < -0.4 is 11.1 Å². The maximum atomic E-state index is 12.7. The van der Waals surface area contributed by atoms with Crippen molar-refractivity contribution in [3.05, 3.63) is 94.5 Å². The average Bonchev–Trinajstić information content (AvgIpc) is 3.80. The van der Waals surface area contributed by atoms with Crippen LogP contribution in [0.1, 0.15) is 24.1 Å². The van der Waals surface area contributed by atoms with Crippen LogP contribution in [-0.4, -0.2) is 77.0 Å². The number of hydrogen-bond acceptors (Lipinski definition) is 13. The van der Waals surface area contributed by atoms with E-state index in [4.69, 9.17) is 5.73 Å². The van der Waals surface area contributed by atoms with Gasteiger partial charge in [0.15, 0.2) is 19.7 Å². The minimum atomic E-state index is -3.67. The van der Waals surface area contributed by atoms with Crippen molar-refractivity contribution < 1.29 is 33.7 Å². The second-order valence-corrected chi connectivity index (χ2v) is 21.3. The first-order valence-corrected chi connectivity index (χ1v) is 22.5.